The van der Waals surface area contributed by atoms with Gasteiger partial charge in [0.15, 0.2) is 0 Å². The maximum Gasteiger partial charge on any atom is 0.282 e. The minimum Gasteiger partial charge on any atom is -0.314 e. The minimum absolute atomic E-state index is 0.175. The summed E-state index contributed by atoms with van der Waals surface area (Å²) in [6.45, 7) is 6.50. The predicted octanol–water partition coefficient (Wildman–Crippen LogP) is 1.38. The number of rotatable bonds is 6. The molecule has 124 valence electrons. The van der Waals surface area contributed by atoms with Crippen LogP contribution in [0.4, 0.5) is 0 Å². The average Bonchev–Trinajstić information content (AvgIpc) is 2.98. The lowest BCUT2D eigenvalue weighted by Gasteiger charge is -2.36. The quantitative estimate of drug-likeness (QED) is 0.797. The Morgan fingerprint density at radius 3 is 2.76 bits per heavy atom. The summed E-state index contributed by atoms with van der Waals surface area (Å²) < 4.78 is 28.9. The Labute approximate surface area is 134 Å². The molecule has 2 unspecified atom stereocenters. The summed E-state index contributed by atoms with van der Waals surface area (Å²) >= 11 is 1.85. The third-order valence-corrected chi connectivity index (χ3v) is 7.56. The molecule has 0 amide bonds. The van der Waals surface area contributed by atoms with Crippen molar-refractivity contribution in [1.82, 2.24) is 13.9 Å². The molecule has 2 fully saturated rings. The molecule has 1 N–H and O–H groups in total. The third kappa shape index (κ3) is 4.58. The number of nitrogens with zero attached hydrogens (tertiary/aromatic N) is 2. The van der Waals surface area contributed by atoms with E-state index in [4.69, 9.17) is 0 Å². The smallest absolute Gasteiger partial charge is 0.282 e. The van der Waals surface area contributed by atoms with Crippen molar-refractivity contribution in [2.24, 2.45) is 5.92 Å². The van der Waals surface area contributed by atoms with Crippen LogP contribution in [-0.4, -0.2) is 67.3 Å². The fraction of sp³-hybridized carbons (Fsp3) is 1.00. The Bertz CT molecular complexity index is 422. The van der Waals surface area contributed by atoms with E-state index in [1.165, 1.54) is 0 Å². The molecule has 0 aliphatic carbocycles. The predicted molar refractivity (Wildman–Crippen MR) is 89.8 cm³/mol. The fourth-order valence-electron chi connectivity index (χ4n) is 2.98. The second-order valence-corrected chi connectivity index (χ2v) is 9.61. The van der Waals surface area contributed by atoms with E-state index in [-0.39, 0.29) is 6.04 Å². The standard InChI is InChI=1S/C14H29N3O2S2/c1-12(2)15-9-13-5-4-7-17(10-13)21(18,19)16(3)14-6-8-20-11-14/h12-15H,4-11H2,1-3H3. The number of nitrogens with one attached hydrogen (secondary N) is 1. The van der Waals surface area contributed by atoms with Crippen LogP contribution in [0.15, 0.2) is 0 Å². The molecule has 21 heavy (non-hydrogen) atoms. The number of piperidine rings is 1. The summed E-state index contributed by atoms with van der Waals surface area (Å²) in [4.78, 5) is 0. The molecule has 0 bridgehead atoms. The first-order chi connectivity index (χ1) is 9.91. The lowest BCUT2D eigenvalue weighted by Crippen LogP contribution is -2.51. The van der Waals surface area contributed by atoms with Crippen LogP contribution in [0.5, 0.6) is 0 Å². The van der Waals surface area contributed by atoms with Crippen molar-refractivity contribution in [1.29, 1.82) is 0 Å². The number of hydrogen-bond donors (Lipinski definition) is 1. The zero-order valence-corrected chi connectivity index (χ0v) is 15.0. The lowest BCUT2D eigenvalue weighted by molar-refractivity contribution is 0.237. The molecule has 0 spiro atoms. The van der Waals surface area contributed by atoms with Gasteiger partial charge < -0.3 is 5.32 Å². The SMILES string of the molecule is CC(C)NCC1CCCN(S(=O)(=O)N(C)C2CCSC2)C1. The highest BCUT2D eigenvalue weighted by Gasteiger charge is 2.36. The summed E-state index contributed by atoms with van der Waals surface area (Å²) in [7, 11) is -1.54. The first kappa shape index (κ1) is 17.5. The molecule has 2 aliphatic rings. The van der Waals surface area contributed by atoms with E-state index in [0.717, 1.165) is 37.3 Å². The van der Waals surface area contributed by atoms with Crippen LogP contribution in [0, 0.1) is 5.92 Å². The Kier molecular flexibility index (Phi) is 6.38. The van der Waals surface area contributed by atoms with Gasteiger partial charge in [0.05, 0.1) is 0 Å². The zero-order chi connectivity index (χ0) is 15.5. The molecular formula is C14H29N3O2S2. The normalized spacial score (nSPS) is 28.6. The fourth-order valence-corrected chi connectivity index (χ4v) is 6.03. The second kappa shape index (κ2) is 7.64. The van der Waals surface area contributed by atoms with Gasteiger partial charge in [0.2, 0.25) is 0 Å². The molecule has 0 aromatic heterocycles. The van der Waals surface area contributed by atoms with Crippen molar-refractivity contribution >= 4 is 22.0 Å². The first-order valence-electron chi connectivity index (χ1n) is 7.95. The van der Waals surface area contributed by atoms with Gasteiger partial charge in [0.1, 0.15) is 0 Å². The van der Waals surface area contributed by atoms with Crippen LogP contribution in [0.1, 0.15) is 33.1 Å². The summed E-state index contributed by atoms with van der Waals surface area (Å²) in [6.07, 6.45) is 3.07. The van der Waals surface area contributed by atoms with Gasteiger partial charge >= 0.3 is 0 Å². The lowest BCUT2D eigenvalue weighted by atomic mass is 9.99. The molecule has 7 heteroatoms. The Balaban J connectivity index is 1.95. The van der Waals surface area contributed by atoms with E-state index in [1.54, 1.807) is 15.7 Å². The molecular weight excluding hydrogens is 306 g/mol. The van der Waals surface area contributed by atoms with Crippen LogP contribution in [0.25, 0.3) is 0 Å². The minimum atomic E-state index is -3.29. The van der Waals surface area contributed by atoms with Crippen LogP contribution >= 0.6 is 11.8 Å². The second-order valence-electron chi connectivity index (χ2n) is 6.47. The van der Waals surface area contributed by atoms with Gasteiger partial charge in [-0.25, -0.2) is 0 Å². The highest BCUT2D eigenvalue weighted by Crippen LogP contribution is 2.26. The molecule has 0 aromatic carbocycles. The van der Waals surface area contributed by atoms with Crippen LogP contribution < -0.4 is 5.32 Å². The van der Waals surface area contributed by atoms with Gasteiger partial charge in [0.25, 0.3) is 10.2 Å². The van der Waals surface area contributed by atoms with Crippen molar-refractivity contribution in [3.8, 4) is 0 Å². The van der Waals surface area contributed by atoms with Crippen molar-refractivity contribution in [2.75, 3.05) is 38.2 Å². The molecule has 2 saturated heterocycles. The molecule has 2 aliphatic heterocycles. The molecule has 2 rings (SSSR count). The van der Waals surface area contributed by atoms with Gasteiger partial charge in [-0.1, -0.05) is 13.8 Å². The van der Waals surface area contributed by atoms with E-state index in [2.05, 4.69) is 19.2 Å². The van der Waals surface area contributed by atoms with Crippen molar-refractivity contribution in [3.63, 3.8) is 0 Å². The topological polar surface area (TPSA) is 52.7 Å². The summed E-state index contributed by atoms with van der Waals surface area (Å²) in [5.74, 6) is 2.44. The van der Waals surface area contributed by atoms with Gasteiger partial charge in [-0.15, -0.1) is 0 Å². The van der Waals surface area contributed by atoms with Crippen LogP contribution in [0.2, 0.25) is 0 Å². The summed E-state index contributed by atoms with van der Waals surface area (Å²) in [5, 5.41) is 3.43. The van der Waals surface area contributed by atoms with E-state index in [0.29, 0.717) is 25.0 Å². The van der Waals surface area contributed by atoms with E-state index < -0.39 is 10.2 Å². The van der Waals surface area contributed by atoms with Crippen molar-refractivity contribution in [2.45, 2.75) is 45.2 Å². The Morgan fingerprint density at radius 1 is 1.38 bits per heavy atom. The molecule has 5 nitrogen and oxygen atoms in total. The average molecular weight is 336 g/mol. The highest BCUT2D eigenvalue weighted by atomic mass is 32.2. The molecule has 0 aromatic rings. The van der Waals surface area contributed by atoms with Gasteiger partial charge in [0, 0.05) is 38.0 Å². The monoisotopic (exact) mass is 335 g/mol. The molecule has 0 saturated carbocycles. The first-order valence-corrected chi connectivity index (χ1v) is 10.5. The Morgan fingerprint density at radius 2 is 2.14 bits per heavy atom. The molecule has 2 heterocycles. The maximum atomic E-state index is 12.8. The summed E-state index contributed by atoms with van der Waals surface area (Å²) in [5.41, 5.74) is 0. The number of thioether (sulfide) groups is 1. The molecule has 2 atom stereocenters. The van der Waals surface area contributed by atoms with Crippen molar-refractivity contribution < 1.29 is 8.42 Å². The summed E-state index contributed by atoms with van der Waals surface area (Å²) in [6, 6.07) is 0.629. The van der Waals surface area contributed by atoms with Crippen molar-refractivity contribution in [3.05, 3.63) is 0 Å². The van der Waals surface area contributed by atoms with E-state index >= 15 is 0 Å². The largest absolute Gasteiger partial charge is 0.314 e. The van der Waals surface area contributed by atoms with Crippen LogP contribution in [0.3, 0.4) is 0 Å². The highest BCUT2D eigenvalue weighted by molar-refractivity contribution is 7.99. The van der Waals surface area contributed by atoms with Gasteiger partial charge in [-0.05, 0) is 37.5 Å². The van der Waals surface area contributed by atoms with Crippen LogP contribution in [-0.2, 0) is 10.2 Å². The van der Waals surface area contributed by atoms with E-state index in [1.807, 2.05) is 11.8 Å². The maximum absolute atomic E-state index is 12.8. The zero-order valence-electron chi connectivity index (χ0n) is 13.4. The Hall–Kier alpha value is 0.180. The van der Waals surface area contributed by atoms with Gasteiger partial charge in [-0.2, -0.15) is 28.8 Å². The van der Waals surface area contributed by atoms with E-state index in [9.17, 15) is 8.42 Å². The molecule has 0 radical (unpaired) electrons. The third-order valence-electron chi connectivity index (χ3n) is 4.41. The van der Waals surface area contributed by atoms with Gasteiger partial charge in [-0.3, -0.25) is 0 Å². The number of hydrogen-bond acceptors (Lipinski definition) is 4.